The minimum Gasteiger partial charge on any atom is -0.494 e. The van der Waals surface area contributed by atoms with Gasteiger partial charge in [-0.25, -0.2) is 4.90 Å². The number of benzene rings is 3. The predicted molar refractivity (Wildman–Crippen MR) is 131 cm³/mol. The smallest absolute Gasteiger partial charge is 0.266 e. The van der Waals surface area contributed by atoms with Gasteiger partial charge in [0.15, 0.2) is 5.11 Å². The molecule has 2 N–H and O–H groups in total. The zero-order chi connectivity index (χ0) is 23.7. The highest BCUT2D eigenvalue weighted by Gasteiger charge is 2.36. The van der Waals surface area contributed by atoms with E-state index in [4.69, 9.17) is 40.2 Å². The van der Waals surface area contributed by atoms with Crippen molar-refractivity contribution in [2.75, 3.05) is 17.3 Å². The maximum Gasteiger partial charge on any atom is 0.266 e. The van der Waals surface area contributed by atoms with Crippen LogP contribution in [0.2, 0.25) is 10.0 Å². The molecule has 0 atom stereocenters. The molecule has 3 amide bonds. The van der Waals surface area contributed by atoms with E-state index < -0.39 is 17.7 Å². The normalized spacial score (nSPS) is 12.4. The van der Waals surface area contributed by atoms with Crippen LogP contribution in [0.5, 0.6) is 5.75 Å². The van der Waals surface area contributed by atoms with Gasteiger partial charge < -0.3 is 10.1 Å². The summed E-state index contributed by atoms with van der Waals surface area (Å²) in [6.45, 7) is 0. The Hall–Kier alpha value is -3.46. The number of fused-ring (bicyclic) bond motifs is 1. The summed E-state index contributed by atoms with van der Waals surface area (Å²) in [4.78, 5) is 39.2. The van der Waals surface area contributed by atoms with Crippen molar-refractivity contribution in [3.8, 4) is 5.75 Å². The Morgan fingerprint density at radius 3 is 2.27 bits per heavy atom. The van der Waals surface area contributed by atoms with E-state index in [-0.39, 0.29) is 26.5 Å². The Kier molecular flexibility index (Phi) is 6.33. The number of anilines is 2. The van der Waals surface area contributed by atoms with Gasteiger partial charge in [0.1, 0.15) is 5.75 Å². The Bertz CT molecular complexity index is 1290. The van der Waals surface area contributed by atoms with E-state index in [9.17, 15) is 14.4 Å². The van der Waals surface area contributed by atoms with E-state index in [0.717, 1.165) is 4.90 Å². The van der Waals surface area contributed by atoms with Gasteiger partial charge >= 0.3 is 0 Å². The van der Waals surface area contributed by atoms with Gasteiger partial charge in [0.2, 0.25) is 0 Å². The zero-order valence-corrected chi connectivity index (χ0v) is 19.3. The maximum absolute atomic E-state index is 12.7. The molecule has 1 aliphatic rings. The largest absolute Gasteiger partial charge is 0.494 e. The molecule has 7 nitrogen and oxygen atoms in total. The zero-order valence-electron chi connectivity index (χ0n) is 17.0. The summed E-state index contributed by atoms with van der Waals surface area (Å²) < 4.78 is 5.19. The van der Waals surface area contributed by atoms with Crippen molar-refractivity contribution >= 4 is 69.6 Å². The number of carbonyl (C=O) groups is 3. The number of nitrogens with one attached hydrogen (secondary N) is 2. The summed E-state index contributed by atoms with van der Waals surface area (Å²) in [7, 11) is 1.38. The molecule has 10 heteroatoms. The number of thiocarbonyl (C=S) groups is 1. The van der Waals surface area contributed by atoms with Crippen molar-refractivity contribution in [1.82, 2.24) is 5.32 Å². The van der Waals surface area contributed by atoms with Crippen LogP contribution in [-0.2, 0) is 0 Å². The summed E-state index contributed by atoms with van der Waals surface area (Å²) in [6.07, 6.45) is 0. The summed E-state index contributed by atoms with van der Waals surface area (Å²) in [6, 6.07) is 16.0. The van der Waals surface area contributed by atoms with Gasteiger partial charge in [-0.3, -0.25) is 19.7 Å². The lowest BCUT2D eigenvalue weighted by Gasteiger charge is -2.16. The van der Waals surface area contributed by atoms with Crippen LogP contribution in [0.3, 0.4) is 0 Å². The fraction of sp³-hybridized carbons (Fsp3) is 0.0435. The number of methoxy groups -OCH3 is 1. The third-order valence-corrected chi connectivity index (χ3v) is 5.54. The number of nitrogens with zero attached hydrogens (tertiary/aromatic N) is 1. The minimum atomic E-state index is -0.578. The minimum absolute atomic E-state index is 0.0161. The molecule has 0 radical (unpaired) electrons. The molecule has 0 spiro atoms. The van der Waals surface area contributed by atoms with Crippen LogP contribution in [0.25, 0.3) is 0 Å². The molecule has 0 saturated carbocycles. The van der Waals surface area contributed by atoms with Crippen LogP contribution in [0.15, 0.2) is 60.7 Å². The molecule has 0 unspecified atom stereocenters. The highest BCUT2D eigenvalue weighted by molar-refractivity contribution is 7.80. The Labute approximate surface area is 204 Å². The Morgan fingerprint density at radius 2 is 1.64 bits per heavy atom. The highest BCUT2D eigenvalue weighted by atomic mass is 35.5. The third kappa shape index (κ3) is 4.41. The van der Waals surface area contributed by atoms with Gasteiger partial charge in [0, 0.05) is 10.7 Å². The van der Waals surface area contributed by atoms with Gasteiger partial charge in [-0.15, -0.1) is 0 Å². The van der Waals surface area contributed by atoms with Crippen LogP contribution in [0.4, 0.5) is 11.4 Å². The van der Waals surface area contributed by atoms with Crippen molar-refractivity contribution in [3.05, 3.63) is 87.4 Å². The third-order valence-electron chi connectivity index (χ3n) is 4.84. The quantitative estimate of drug-likeness (QED) is 0.390. The number of ether oxygens (including phenoxy) is 1. The number of halogens is 2. The molecule has 1 aliphatic heterocycles. The number of amides is 3. The molecule has 33 heavy (non-hydrogen) atoms. The molecule has 3 aromatic rings. The molecule has 3 aromatic carbocycles. The molecule has 1 heterocycles. The van der Waals surface area contributed by atoms with Crippen molar-refractivity contribution < 1.29 is 19.1 Å². The van der Waals surface area contributed by atoms with E-state index >= 15 is 0 Å². The van der Waals surface area contributed by atoms with Crippen molar-refractivity contribution in [1.29, 1.82) is 0 Å². The second-order valence-electron chi connectivity index (χ2n) is 6.92. The standard InChI is InChI=1S/C23H15Cl2N3O4S/c1-32-19-17(9-12(24)10-18(19)25)20(29)27-23(33)26-13-5-4-6-14(11-13)28-21(30)15-7-2-3-8-16(15)22(28)31/h2-11H,1H3,(H2,26,27,29,33). The summed E-state index contributed by atoms with van der Waals surface area (Å²) in [5.41, 5.74) is 1.63. The van der Waals surface area contributed by atoms with Gasteiger partial charge in [-0.05, 0) is 54.7 Å². The second kappa shape index (κ2) is 9.19. The number of imide groups is 1. The van der Waals surface area contributed by atoms with E-state index in [2.05, 4.69) is 10.6 Å². The molecule has 166 valence electrons. The molecule has 4 rings (SSSR count). The van der Waals surface area contributed by atoms with E-state index in [0.29, 0.717) is 22.5 Å². The average Bonchev–Trinajstić information content (AvgIpc) is 3.03. The fourth-order valence-electron chi connectivity index (χ4n) is 3.42. The first-order chi connectivity index (χ1) is 15.8. The first-order valence-corrected chi connectivity index (χ1v) is 10.7. The molecule has 0 fully saturated rings. The number of carbonyl (C=O) groups excluding carboxylic acids is 3. The van der Waals surface area contributed by atoms with Crippen LogP contribution in [0, 0.1) is 0 Å². The second-order valence-corrected chi connectivity index (χ2v) is 8.17. The number of hydrogen-bond acceptors (Lipinski definition) is 5. The SMILES string of the molecule is COc1c(Cl)cc(Cl)cc1C(=O)NC(=S)Nc1cccc(N2C(=O)c3ccccc3C2=O)c1. The van der Waals surface area contributed by atoms with Crippen LogP contribution >= 0.6 is 35.4 Å². The van der Waals surface area contributed by atoms with Gasteiger partial charge in [0.05, 0.1) is 34.5 Å². The summed E-state index contributed by atoms with van der Waals surface area (Å²) in [5, 5.41) is 5.83. The van der Waals surface area contributed by atoms with Gasteiger partial charge in [0.25, 0.3) is 17.7 Å². The summed E-state index contributed by atoms with van der Waals surface area (Å²) >= 11 is 17.3. The van der Waals surface area contributed by atoms with Crippen LogP contribution < -0.4 is 20.3 Å². The predicted octanol–water partition coefficient (Wildman–Crippen LogP) is 4.93. The lowest BCUT2D eigenvalue weighted by molar-refractivity contribution is 0.0923. The van der Waals surface area contributed by atoms with Gasteiger partial charge in [-0.2, -0.15) is 0 Å². The van der Waals surface area contributed by atoms with Crippen LogP contribution in [-0.4, -0.2) is 29.9 Å². The van der Waals surface area contributed by atoms with Crippen molar-refractivity contribution in [3.63, 3.8) is 0 Å². The lowest BCUT2D eigenvalue weighted by Crippen LogP contribution is -2.34. The van der Waals surface area contributed by atoms with E-state index in [1.165, 1.54) is 19.2 Å². The summed E-state index contributed by atoms with van der Waals surface area (Å²) in [5.74, 6) is -1.23. The van der Waals surface area contributed by atoms with Gasteiger partial charge in [-0.1, -0.05) is 41.4 Å². The lowest BCUT2D eigenvalue weighted by atomic mass is 10.1. The molecule has 0 aliphatic carbocycles. The van der Waals surface area contributed by atoms with E-state index in [1.54, 1.807) is 48.5 Å². The number of rotatable bonds is 4. The monoisotopic (exact) mass is 499 g/mol. The topological polar surface area (TPSA) is 87.7 Å². The molecular weight excluding hydrogens is 485 g/mol. The molecule has 0 aromatic heterocycles. The van der Waals surface area contributed by atoms with Crippen molar-refractivity contribution in [2.45, 2.75) is 0 Å². The molecule has 0 bridgehead atoms. The molecule has 0 saturated heterocycles. The van der Waals surface area contributed by atoms with E-state index in [1.807, 2.05) is 0 Å². The Balaban J connectivity index is 1.51. The molecular formula is C23H15Cl2N3O4S. The average molecular weight is 500 g/mol. The first-order valence-electron chi connectivity index (χ1n) is 9.53. The van der Waals surface area contributed by atoms with Crippen molar-refractivity contribution in [2.24, 2.45) is 0 Å². The number of hydrogen-bond donors (Lipinski definition) is 2. The first kappa shape index (κ1) is 22.7. The highest BCUT2D eigenvalue weighted by Crippen LogP contribution is 2.32. The Morgan fingerprint density at radius 1 is 0.970 bits per heavy atom. The van der Waals surface area contributed by atoms with Crippen LogP contribution in [0.1, 0.15) is 31.1 Å². The fourth-order valence-corrected chi connectivity index (χ4v) is 4.20. The maximum atomic E-state index is 12.7.